The summed E-state index contributed by atoms with van der Waals surface area (Å²) in [5, 5.41) is 0. The van der Waals surface area contributed by atoms with Crippen molar-refractivity contribution in [1.82, 2.24) is 4.90 Å². The topological polar surface area (TPSA) is 29.5 Å². The van der Waals surface area contributed by atoms with Gasteiger partial charge in [0.05, 0.1) is 7.11 Å². The van der Waals surface area contributed by atoms with E-state index >= 15 is 0 Å². The minimum atomic E-state index is 0.0135. The Morgan fingerprint density at radius 3 is 2.29 bits per heavy atom. The third-order valence-corrected chi connectivity index (χ3v) is 2.62. The predicted molar refractivity (Wildman–Crippen MR) is 69.4 cm³/mol. The average molecular weight is 233 g/mol. The number of hydrogen-bond donors (Lipinski definition) is 0. The van der Waals surface area contributed by atoms with Gasteiger partial charge in [-0.2, -0.15) is 0 Å². The first kappa shape index (κ1) is 13.3. The van der Waals surface area contributed by atoms with Gasteiger partial charge in [-0.15, -0.1) is 0 Å². The highest BCUT2D eigenvalue weighted by Crippen LogP contribution is 2.12. The lowest BCUT2D eigenvalue weighted by atomic mass is 10.1. The number of ketones is 1. The van der Waals surface area contributed by atoms with Gasteiger partial charge >= 0.3 is 0 Å². The van der Waals surface area contributed by atoms with Crippen LogP contribution in [0.2, 0.25) is 0 Å². The number of methoxy groups -OCH3 is 1. The lowest BCUT2D eigenvalue weighted by Crippen LogP contribution is -2.15. The lowest BCUT2D eigenvalue weighted by Gasteiger charge is -2.14. The molecule has 0 unspecified atom stereocenters. The van der Waals surface area contributed by atoms with Crippen molar-refractivity contribution < 1.29 is 9.53 Å². The third-order valence-electron chi connectivity index (χ3n) is 2.62. The second kappa shape index (κ2) is 6.74. The van der Waals surface area contributed by atoms with Gasteiger partial charge in [-0.1, -0.05) is 0 Å². The van der Waals surface area contributed by atoms with Crippen molar-refractivity contribution in [2.24, 2.45) is 0 Å². The smallest absolute Gasteiger partial charge is 0.187 e. The van der Waals surface area contributed by atoms with Crippen molar-refractivity contribution >= 4 is 5.78 Å². The summed E-state index contributed by atoms with van der Waals surface area (Å²) in [5.74, 6) is 0.772. The maximum Gasteiger partial charge on any atom is 0.187 e. The molecule has 92 valence electrons. The number of ether oxygens (including phenoxy) is 1. The van der Waals surface area contributed by atoms with Crippen LogP contribution in [0.25, 0.3) is 0 Å². The molecule has 1 rings (SSSR count). The van der Waals surface area contributed by atoms with Crippen LogP contribution < -0.4 is 4.74 Å². The number of hydrogen-bond acceptors (Lipinski definition) is 3. The van der Waals surface area contributed by atoms with Crippen molar-refractivity contribution in [1.29, 1.82) is 0 Å². The van der Waals surface area contributed by atoms with Gasteiger partial charge in [0, 0.05) is 30.9 Å². The molecule has 1 aromatic carbocycles. The summed E-state index contributed by atoms with van der Waals surface area (Å²) < 4.78 is 5.04. The fourth-order valence-corrected chi connectivity index (χ4v) is 1.46. The molecular weight excluding hydrogens is 214 g/mol. The van der Waals surface area contributed by atoms with Crippen molar-refractivity contribution in [3.8, 4) is 5.75 Å². The quantitative estimate of drug-likeness (QED) is 0.559. The van der Waals surface area contributed by atoms with Gasteiger partial charge in [0.1, 0.15) is 5.75 Å². The first-order valence-corrected chi connectivity index (χ1v) is 5.81. The summed E-state index contributed by atoms with van der Waals surface area (Å²) >= 11 is 0. The zero-order valence-corrected chi connectivity index (χ0v) is 10.6. The van der Waals surface area contributed by atoms with E-state index in [1.807, 2.05) is 6.20 Å². The van der Waals surface area contributed by atoms with E-state index in [0.717, 1.165) is 18.8 Å². The normalized spacial score (nSPS) is 10.5. The second-order valence-electron chi connectivity index (χ2n) is 3.63. The number of benzene rings is 1. The molecular formula is C14H19NO2. The maximum atomic E-state index is 11.8. The predicted octanol–water partition coefficient (Wildman–Crippen LogP) is 2.73. The fraction of sp³-hybridized carbons (Fsp3) is 0.357. The Kier molecular flexibility index (Phi) is 5.27. The number of nitrogens with zero attached hydrogens (tertiary/aromatic N) is 1. The maximum absolute atomic E-state index is 11.8. The molecule has 0 amide bonds. The first-order valence-electron chi connectivity index (χ1n) is 5.81. The molecule has 1 aromatic rings. The Morgan fingerprint density at radius 1 is 1.24 bits per heavy atom. The van der Waals surface area contributed by atoms with Crippen molar-refractivity contribution in [3.63, 3.8) is 0 Å². The van der Waals surface area contributed by atoms with Crippen LogP contribution in [0, 0.1) is 0 Å². The van der Waals surface area contributed by atoms with E-state index in [2.05, 4.69) is 18.7 Å². The molecule has 0 aliphatic rings. The van der Waals surface area contributed by atoms with Crippen molar-refractivity contribution in [2.45, 2.75) is 13.8 Å². The average Bonchev–Trinajstić information content (AvgIpc) is 2.39. The standard InChI is InChI=1S/C14H19NO2/c1-4-15(5-2)11-10-14(16)12-6-8-13(17-3)9-7-12/h6-11H,4-5H2,1-3H3. The van der Waals surface area contributed by atoms with Crippen LogP contribution in [-0.4, -0.2) is 30.9 Å². The molecule has 0 aliphatic heterocycles. The highest BCUT2D eigenvalue weighted by atomic mass is 16.5. The van der Waals surface area contributed by atoms with E-state index < -0.39 is 0 Å². The summed E-state index contributed by atoms with van der Waals surface area (Å²) in [7, 11) is 1.61. The van der Waals surface area contributed by atoms with Gasteiger partial charge < -0.3 is 9.64 Å². The molecule has 0 fully saturated rings. The molecule has 0 N–H and O–H groups in total. The lowest BCUT2D eigenvalue weighted by molar-refractivity contribution is 0.104. The summed E-state index contributed by atoms with van der Waals surface area (Å²) in [4.78, 5) is 13.9. The van der Waals surface area contributed by atoms with E-state index in [4.69, 9.17) is 4.74 Å². The molecule has 3 nitrogen and oxygen atoms in total. The second-order valence-corrected chi connectivity index (χ2v) is 3.63. The van der Waals surface area contributed by atoms with E-state index in [-0.39, 0.29) is 5.78 Å². The van der Waals surface area contributed by atoms with E-state index in [1.165, 1.54) is 0 Å². The zero-order chi connectivity index (χ0) is 12.7. The summed E-state index contributed by atoms with van der Waals surface area (Å²) in [6, 6.07) is 7.12. The Balaban J connectivity index is 2.69. The number of carbonyl (C=O) groups excluding carboxylic acids is 1. The monoisotopic (exact) mass is 233 g/mol. The molecule has 0 heterocycles. The van der Waals surface area contributed by atoms with Crippen molar-refractivity contribution in [3.05, 3.63) is 42.1 Å². The summed E-state index contributed by atoms with van der Waals surface area (Å²) in [6.07, 6.45) is 3.45. The van der Waals surface area contributed by atoms with Gasteiger partial charge in [0.15, 0.2) is 5.78 Å². The molecule has 0 aliphatic carbocycles. The Morgan fingerprint density at radius 2 is 1.82 bits per heavy atom. The van der Waals surface area contributed by atoms with Crippen LogP contribution in [0.5, 0.6) is 5.75 Å². The van der Waals surface area contributed by atoms with Crippen LogP contribution >= 0.6 is 0 Å². The van der Waals surface area contributed by atoms with Gasteiger partial charge in [-0.3, -0.25) is 4.79 Å². The van der Waals surface area contributed by atoms with Crippen LogP contribution in [0.3, 0.4) is 0 Å². The largest absolute Gasteiger partial charge is 0.497 e. The highest BCUT2D eigenvalue weighted by molar-refractivity contribution is 6.04. The van der Waals surface area contributed by atoms with Gasteiger partial charge in [-0.25, -0.2) is 0 Å². The number of rotatable bonds is 6. The zero-order valence-electron chi connectivity index (χ0n) is 10.6. The molecule has 0 bridgehead atoms. The molecule has 0 saturated carbocycles. The van der Waals surface area contributed by atoms with Gasteiger partial charge in [-0.05, 0) is 38.1 Å². The molecule has 17 heavy (non-hydrogen) atoms. The SMILES string of the molecule is CCN(C=CC(=O)c1ccc(OC)cc1)CC. The molecule has 0 aromatic heterocycles. The molecule has 0 radical (unpaired) electrons. The Bertz CT molecular complexity index is 378. The third kappa shape index (κ3) is 3.94. The Labute approximate surface area is 103 Å². The molecule has 0 spiro atoms. The van der Waals surface area contributed by atoms with Crippen LogP contribution in [0.15, 0.2) is 36.5 Å². The number of carbonyl (C=O) groups is 1. The van der Waals surface area contributed by atoms with E-state index in [9.17, 15) is 4.79 Å². The molecule has 0 atom stereocenters. The van der Waals surface area contributed by atoms with Crippen LogP contribution in [-0.2, 0) is 0 Å². The van der Waals surface area contributed by atoms with Crippen molar-refractivity contribution in [2.75, 3.05) is 20.2 Å². The minimum absolute atomic E-state index is 0.0135. The molecule has 3 heteroatoms. The fourth-order valence-electron chi connectivity index (χ4n) is 1.46. The highest BCUT2D eigenvalue weighted by Gasteiger charge is 2.02. The number of allylic oxidation sites excluding steroid dienone is 1. The summed E-state index contributed by atoms with van der Waals surface area (Å²) in [6.45, 7) is 5.93. The first-order chi connectivity index (χ1) is 8.21. The van der Waals surface area contributed by atoms with Gasteiger partial charge in [0.25, 0.3) is 0 Å². The van der Waals surface area contributed by atoms with E-state index in [1.54, 1.807) is 37.5 Å². The van der Waals surface area contributed by atoms with Gasteiger partial charge in [0.2, 0.25) is 0 Å². The van der Waals surface area contributed by atoms with Crippen LogP contribution in [0.1, 0.15) is 24.2 Å². The Hall–Kier alpha value is -1.77. The minimum Gasteiger partial charge on any atom is -0.497 e. The van der Waals surface area contributed by atoms with Crippen LogP contribution in [0.4, 0.5) is 0 Å². The molecule has 0 saturated heterocycles. The van der Waals surface area contributed by atoms with E-state index in [0.29, 0.717) is 5.56 Å². The summed E-state index contributed by atoms with van der Waals surface area (Å²) in [5.41, 5.74) is 0.675.